The van der Waals surface area contributed by atoms with Crippen LogP contribution in [-0.2, 0) is 14.1 Å². The van der Waals surface area contributed by atoms with Crippen molar-refractivity contribution in [3.8, 4) is 0 Å². The van der Waals surface area contributed by atoms with E-state index < -0.39 is 38.3 Å². The normalized spacial score (nSPS) is 16.2. The van der Waals surface area contributed by atoms with E-state index in [-0.39, 0.29) is 0 Å². The first-order chi connectivity index (χ1) is 8.81. The quantitative estimate of drug-likeness (QED) is 0.424. The number of hydrogen-bond donors (Lipinski definition) is 4. The third kappa shape index (κ3) is 2.71. The summed E-state index contributed by atoms with van der Waals surface area (Å²) in [5.74, 6) is -14.8. The molecule has 0 saturated heterocycles. The van der Waals surface area contributed by atoms with Gasteiger partial charge in [0.05, 0.1) is 0 Å². The van der Waals surface area contributed by atoms with E-state index >= 15 is 0 Å². The highest BCUT2D eigenvalue weighted by Crippen LogP contribution is 2.77. The molecule has 0 atom stereocenters. The van der Waals surface area contributed by atoms with E-state index in [1.165, 1.54) is 0 Å². The van der Waals surface area contributed by atoms with Crippen molar-refractivity contribution in [3.63, 3.8) is 0 Å². The molecule has 0 unspecified atom stereocenters. The Kier molecular flexibility index (Phi) is 5.04. The molecule has 0 aliphatic carbocycles. The molecule has 0 rings (SSSR count). The minimum Gasteiger partial charge on any atom is -0.322 e. The van der Waals surface area contributed by atoms with Crippen molar-refractivity contribution in [2.45, 2.75) is 23.1 Å². The molecule has 0 fully saturated rings. The van der Waals surface area contributed by atoms with Crippen LogP contribution in [0.4, 0.5) is 35.3 Å². The summed E-state index contributed by atoms with van der Waals surface area (Å²) in [6.07, 6.45) is -7.25. The van der Waals surface area contributed by atoms with Gasteiger partial charge >= 0.3 is 38.3 Å². The summed E-state index contributed by atoms with van der Waals surface area (Å²) in [6, 6.07) is 0. The summed E-state index contributed by atoms with van der Waals surface area (Å²) >= 11 is 0. The Morgan fingerprint density at radius 2 is 1.00 bits per heavy atom. The molecule has 0 aromatic rings. The van der Waals surface area contributed by atoms with Crippen LogP contribution >= 0.6 is 15.2 Å². The lowest BCUT2D eigenvalue weighted by molar-refractivity contribution is -0.389. The van der Waals surface area contributed by atoms with Gasteiger partial charge in [-0.2, -0.15) is 35.7 Å². The average molecular weight is 378 g/mol. The zero-order valence-corrected chi connectivity index (χ0v) is 10.7. The number of halogens is 8. The SMILES string of the molecule is O=P(O)(O)C(OF)(C(F)(F)C(F)(F)C(F)(F)F)P(=O)(O)O. The van der Waals surface area contributed by atoms with Crippen LogP contribution in [0.2, 0.25) is 0 Å². The van der Waals surface area contributed by atoms with Crippen molar-refractivity contribution in [2.75, 3.05) is 0 Å². The molecule has 0 saturated carbocycles. The van der Waals surface area contributed by atoms with Crippen LogP contribution in [0, 0.1) is 0 Å². The molecule has 0 radical (unpaired) electrons. The largest absolute Gasteiger partial charge is 0.460 e. The molecule has 128 valence electrons. The fourth-order valence-electron chi connectivity index (χ4n) is 1.06. The van der Waals surface area contributed by atoms with Crippen molar-refractivity contribution < 1.29 is 68.9 Å². The average Bonchev–Trinajstić information content (AvgIpc) is 2.11. The molecule has 0 bridgehead atoms. The molecule has 0 amide bonds. The van der Waals surface area contributed by atoms with Crippen LogP contribution in [0.25, 0.3) is 0 Å². The fourth-order valence-corrected chi connectivity index (χ4v) is 3.61. The molecule has 0 aromatic carbocycles. The van der Waals surface area contributed by atoms with Gasteiger partial charge in [0, 0.05) is 0 Å². The topological polar surface area (TPSA) is 124 Å². The molecule has 0 aliphatic heterocycles. The smallest absolute Gasteiger partial charge is 0.322 e. The van der Waals surface area contributed by atoms with E-state index in [0.717, 1.165) is 0 Å². The van der Waals surface area contributed by atoms with E-state index in [1.807, 2.05) is 0 Å². The Balaban J connectivity index is 6.76. The van der Waals surface area contributed by atoms with Gasteiger partial charge in [-0.15, -0.1) is 0 Å². The first kappa shape index (κ1) is 20.7. The van der Waals surface area contributed by atoms with Crippen molar-refractivity contribution in [1.29, 1.82) is 0 Å². The molecule has 0 aromatic heterocycles. The van der Waals surface area contributed by atoms with Crippen LogP contribution in [0.1, 0.15) is 0 Å². The van der Waals surface area contributed by atoms with Crippen LogP contribution < -0.4 is 0 Å². The molecule has 0 heterocycles. The van der Waals surface area contributed by atoms with Gasteiger partial charge in [0.1, 0.15) is 0 Å². The highest BCUT2D eigenvalue weighted by molar-refractivity contribution is 7.72. The molecular formula is C4H4F8O7P2. The first-order valence-corrected chi connectivity index (χ1v) is 7.27. The second-order valence-electron chi connectivity index (χ2n) is 3.42. The Bertz CT molecular complexity index is 467. The summed E-state index contributed by atoms with van der Waals surface area (Å²) in [5, 5.41) is -6.38. The summed E-state index contributed by atoms with van der Waals surface area (Å²) in [4.78, 5) is 34.9. The monoisotopic (exact) mass is 378 g/mol. The van der Waals surface area contributed by atoms with Gasteiger partial charge in [0.25, 0.3) is 0 Å². The van der Waals surface area contributed by atoms with Crippen LogP contribution in [0.5, 0.6) is 0 Å². The van der Waals surface area contributed by atoms with Gasteiger partial charge in [-0.05, 0) is 4.53 Å². The minimum absolute atomic E-state index is 1.66. The molecule has 7 nitrogen and oxygen atoms in total. The Labute approximate surface area is 108 Å². The summed E-state index contributed by atoms with van der Waals surface area (Å²) in [6.45, 7) is 0. The van der Waals surface area contributed by atoms with Crippen LogP contribution in [-0.4, -0.2) is 42.7 Å². The lowest BCUT2D eigenvalue weighted by atomic mass is 10.1. The highest BCUT2D eigenvalue weighted by atomic mass is 31.2. The number of rotatable bonds is 5. The predicted molar refractivity (Wildman–Crippen MR) is 45.0 cm³/mol. The van der Waals surface area contributed by atoms with Gasteiger partial charge in [-0.3, -0.25) is 9.13 Å². The van der Waals surface area contributed by atoms with Crippen LogP contribution in [0.15, 0.2) is 0 Å². The molecule has 4 N–H and O–H groups in total. The molecule has 0 spiro atoms. The van der Waals surface area contributed by atoms with E-state index in [2.05, 4.69) is 0 Å². The van der Waals surface area contributed by atoms with Gasteiger partial charge in [0.2, 0.25) is 0 Å². The van der Waals surface area contributed by atoms with Crippen molar-refractivity contribution >= 4 is 15.2 Å². The second-order valence-corrected chi connectivity index (χ2v) is 7.21. The molecule has 21 heavy (non-hydrogen) atoms. The number of hydrogen-bond acceptors (Lipinski definition) is 3. The third-order valence-corrected chi connectivity index (χ3v) is 5.90. The maximum Gasteiger partial charge on any atom is 0.460 e. The van der Waals surface area contributed by atoms with Crippen molar-refractivity contribution in [2.24, 2.45) is 0 Å². The highest BCUT2D eigenvalue weighted by Gasteiger charge is 2.90. The lowest BCUT2D eigenvalue weighted by Crippen LogP contribution is -2.63. The van der Waals surface area contributed by atoms with E-state index in [0.29, 0.717) is 0 Å². The second kappa shape index (κ2) is 5.11. The van der Waals surface area contributed by atoms with E-state index in [9.17, 15) is 44.4 Å². The molecule has 17 heteroatoms. The minimum atomic E-state index is -7.45. The standard InChI is InChI=1S/C4H4F8O7P2/c5-1(6,3(9,10)11)2(7,8)4(19-12,20(13,14)15)21(16,17)18/h(H2,13,14,15)(H2,16,17,18). The fraction of sp³-hybridized carbons (Fsp3) is 1.00. The maximum atomic E-state index is 13.2. The number of alkyl halides is 7. The third-order valence-electron chi connectivity index (χ3n) is 2.06. The maximum absolute atomic E-state index is 13.2. The van der Waals surface area contributed by atoms with E-state index in [1.54, 1.807) is 4.94 Å². The lowest BCUT2D eigenvalue weighted by Gasteiger charge is -2.39. The molecule has 0 aliphatic rings. The zero-order chi connectivity index (χ0) is 17.7. The summed E-state index contributed by atoms with van der Waals surface area (Å²) < 4.78 is 121. The van der Waals surface area contributed by atoms with E-state index in [4.69, 9.17) is 19.6 Å². The predicted octanol–water partition coefficient (Wildman–Crippen LogP) is 1.73. The first-order valence-electron chi connectivity index (χ1n) is 4.04. The molecular weight excluding hydrogens is 374 g/mol. The summed E-state index contributed by atoms with van der Waals surface area (Å²) in [7, 11) is -14.8. The van der Waals surface area contributed by atoms with Crippen molar-refractivity contribution in [3.05, 3.63) is 0 Å². The Morgan fingerprint density at radius 1 is 0.714 bits per heavy atom. The van der Waals surface area contributed by atoms with Crippen molar-refractivity contribution in [1.82, 2.24) is 0 Å². The Hall–Kier alpha value is -0.300. The summed E-state index contributed by atoms with van der Waals surface area (Å²) in [5.41, 5.74) is 0. The van der Waals surface area contributed by atoms with Gasteiger partial charge in [0.15, 0.2) is 0 Å². The zero-order valence-electron chi connectivity index (χ0n) is 8.93. The van der Waals surface area contributed by atoms with Gasteiger partial charge < -0.3 is 19.6 Å². The van der Waals surface area contributed by atoms with Gasteiger partial charge in [-0.1, -0.05) is 0 Å². The van der Waals surface area contributed by atoms with Gasteiger partial charge in [-0.25, -0.2) is 0 Å². The van der Waals surface area contributed by atoms with Crippen LogP contribution in [0.3, 0.4) is 0 Å². The Morgan fingerprint density at radius 3 is 1.14 bits per heavy atom.